The fourth-order valence-corrected chi connectivity index (χ4v) is 2.00. The zero-order valence-corrected chi connectivity index (χ0v) is 10.8. The minimum absolute atomic E-state index is 0.170. The van der Waals surface area contributed by atoms with Gasteiger partial charge in [0.1, 0.15) is 6.04 Å². The van der Waals surface area contributed by atoms with Crippen LogP contribution in [0, 0.1) is 5.92 Å². The van der Waals surface area contributed by atoms with Crippen LogP contribution in [0.15, 0.2) is 0 Å². The van der Waals surface area contributed by atoms with Crippen molar-refractivity contribution in [3.05, 3.63) is 0 Å². The van der Waals surface area contributed by atoms with Crippen LogP contribution in [-0.4, -0.2) is 50.2 Å². The van der Waals surface area contributed by atoms with Gasteiger partial charge >= 0.3 is 5.97 Å². The van der Waals surface area contributed by atoms with Gasteiger partial charge in [-0.1, -0.05) is 6.92 Å². The van der Waals surface area contributed by atoms with Crippen molar-refractivity contribution in [3.63, 3.8) is 0 Å². The van der Waals surface area contributed by atoms with Crippen LogP contribution in [0.2, 0.25) is 0 Å². The minimum Gasteiger partial charge on any atom is -0.468 e. The molecule has 0 aliphatic heterocycles. The molecule has 0 aromatic heterocycles. The molecule has 1 aliphatic rings. The largest absolute Gasteiger partial charge is 0.468 e. The molecule has 1 saturated carbocycles. The summed E-state index contributed by atoms with van der Waals surface area (Å²) in [6, 6.07) is 0.354. The zero-order valence-electron chi connectivity index (χ0n) is 10.8. The second-order valence-corrected chi connectivity index (χ2v) is 4.65. The molecule has 16 heavy (non-hydrogen) atoms. The van der Waals surface area contributed by atoms with E-state index in [0.29, 0.717) is 6.04 Å². The van der Waals surface area contributed by atoms with Crippen LogP contribution < -0.4 is 5.32 Å². The summed E-state index contributed by atoms with van der Waals surface area (Å²) >= 11 is 0. The normalized spacial score (nSPS) is 19.6. The Morgan fingerprint density at radius 2 is 2.19 bits per heavy atom. The number of ether oxygens (including phenoxy) is 1. The van der Waals surface area contributed by atoms with E-state index in [-0.39, 0.29) is 12.0 Å². The van der Waals surface area contributed by atoms with E-state index >= 15 is 0 Å². The zero-order chi connectivity index (χ0) is 12.1. The van der Waals surface area contributed by atoms with Crippen molar-refractivity contribution >= 4 is 5.97 Å². The molecule has 1 N–H and O–H groups in total. The van der Waals surface area contributed by atoms with Gasteiger partial charge in [-0.2, -0.15) is 0 Å². The first-order valence-electron chi connectivity index (χ1n) is 6.11. The molecule has 2 unspecified atom stereocenters. The molecule has 94 valence electrons. The Bertz CT molecular complexity index is 229. The first-order valence-corrected chi connectivity index (χ1v) is 6.11. The molecule has 0 radical (unpaired) electrons. The highest BCUT2D eigenvalue weighted by Crippen LogP contribution is 2.34. The topological polar surface area (TPSA) is 41.6 Å². The fraction of sp³-hybridized carbons (Fsp3) is 0.917. The summed E-state index contributed by atoms with van der Waals surface area (Å²) in [5, 5.41) is 3.16. The van der Waals surface area contributed by atoms with Crippen LogP contribution in [0.5, 0.6) is 0 Å². The van der Waals surface area contributed by atoms with Crippen molar-refractivity contribution in [1.82, 2.24) is 10.2 Å². The Kier molecular flexibility index (Phi) is 5.22. The Morgan fingerprint density at radius 1 is 1.56 bits per heavy atom. The lowest BCUT2D eigenvalue weighted by atomic mass is 10.1. The summed E-state index contributed by atoms with van der Waals surface area (Å²) in [5.74, 6) is 0.654. The molecule has 0 aromatic carbocycles. The van der Waals surface area contributed by atoms with Crippen molar-refractivity contribution < 1.29 is 9.53 Å². The molecule has 1 rings (SSSR count). The molecule has 4 nitrogen and oxygen atoms in total. The number of carbonyl (C=O) groups excluding carboxylic acids is 1. The summed E-state index contributed by atoms with van der Waals surface area (Å²) in [5.41, 5.74) is 0. The van der Waals surface area contributed by atoms with E-state index in [1.807, 2.05) is 6.92 Å². The van der Waals surface area contributed by atoms with Crippen LogP contribution in [0.4, 0.5) is 0 Å². The van der Waals surface area contributed by atoms with E-state index in [9.17, 15) is 4.79 Å². The monoisotopic (exact) mass is 228 g/mol. The third-order valence-electron chi connectivity index (χ3n) is 3.41. The second kappa shape index (κ2) is 6.21. The van der Waals surface area contributed by atoms with Gasteiger partial charge in [0.05, 0.1) is 7.11 Å². The van der Waals surface area contributed by atoms with Crippen LogP contribution in [0.1, 0.15) is 26.7 Å². The van der Waals surface area contributed by atoms with Gasteiger partial charge in [0.2, 0.25) is 0 Å². The van der Waals surface area contributed by atoms with Gasteiger partial charge in [-0.15, -0.1) is 0 Å². The van der Waals surface area contributed by atoms with Crippen LogP contribution >= 0.6 is 0 Å². The van der Waals surface area contributed by atoms with E-state index in [0.717, 1.165) is 19.0 Å². The van der Waals surface area contributed by atoms with Crippen LogP contribution in [0.3, 0.4) is 0 Å². The van der Waals surface area contributed by atoms with E-state index in [1.165, 1.54) is 20.0 Å². The molecule has 0 spiro atoms. The molecule has 0 aromatic rings. The predicted molar refractivity (Wildman–Crippen MR) is 64.3 cm³/mol. The summed E-state index contributed by atoms with van der Waals surface area (Å²) in [4.78, 5) is 13.8. The predicted octanol–water partition coefficient (Wildman–Crippen LogP) is 0.868. The van der Waals surface area contributed by atoms with Crippen molar-refractivity contribution in [3.8, 4) is 0 Å². The number of nitrogens with zero attached hydrogens (tertiary/aromatic N) is 1. The maximum atomic E-state index is 11.5. The van der Waals surface area contributed by atoms with Gasteiger partial charge in [0.25, 0.3) is 0 Å². The lowest BCUT2D eigenvalue weighted by Crippen LogP contribution is -2.48. The van der Waals surface area contributed by atoms with Gasteiger partial charge in [0.15, 0.2) is 0 Å². The highest BCUT2D eigenvalue weighted by atomic mass is 16.5. The van der Waals surface area contributed by atoms with Crippen molar-refractivity contribution in [2.75, 3.05) is 27.2 Å². The third kappa shape index (κ3) is 3.76. The smallest absolute Gasteiger partial charge is 0.324 e. The fourth-order valence-electron chi connectivity index (χ4n) is 2.00. The maximum Gasteiger partial charge on any atom is 0.324 e. The average molecular weight is 228 g/mol. The molecule has 0 amide bonds. The number of esters is 1. The van der Waals surface area contributed by atoms with Gasteiger partial charge in [-0.3, -0.25) is 4.79 Å². The lowest BCUT2D eigenvalue weighted by molar-refractivity contribution is -0.143. The summed E-state index contributed by atoms with van der Waals surface area (Å²) in [6.45, 7) is 5.74. The van der Waals surface area contributed by atoms with Crippen molar-refractivity contribution in [2.45, 2.75) is 38.8 Å². The van der Waals surface area contributed by atoms with Crippen LogP contribution in [-0.2, 0) is 9.53 Å². The number of carbonyl (C=O) groups is 1. The maximum absolute atomic E-state index is 11.5. The van der Waals surface area contributed by atoms with Gasteiger partial charge in [-0.05, 0) is 39.3 Å². The highest BCUT2D eigenvalue weighted by Gasteiger charge is 2.32. The summed E-state index contributed by atoms with van der Waals surface area (Å²) in [6.07, 6.45) is 2.66. The molecule has 4 heteroatoms. The van der Waals surface area contributed by atoms with Crippen molar-refractivity contribution in [2.24, 2.45) is 5.92 Å². The summed E-state index contributed by atoms with van der Waals surface area (Å²) < 4.78 is 4.79. The number of likely N-dealkylation sites (N-methyl/N-ethyl adjacent to an activating group) is 2. The van der Waals surface area contributed by atoms with E-state index in [2.05, 4.69) is 24.2 Å². The molecule has 0 bridgehead atoms. The minimum atomic E-state index is -0.207. The number of hydrogen-bond acceptors (Lipinski definition) is 4. The Labute approximate surface area is 98.3 Å². The second-order valence-electron chi connectivity index (χ2n) is 4.65. The van der Waals surface area contributed by atoms with Crippen molar-refractivity contribution in [1.29, 1.82) is 0 Å². The quantitative estimate of drug-likeness (QED) is 0.656. The molecule has 2 atom stereocenters. The lowest BCUT2D eigenvalue weighted by Gasteiger charge is -2.28. The third-order valence-corrected chi connectivity index (χ3v) is 3.41. The Morgan fingerprint density at radius 3 is 2.62 bits per heavy atom. The molecule has 0 saturated heterocycles. The van der Waals surface area contributed by atoms with E-state index < -0.39 is 0 Å². The van der Waals surface area contributed by atoms with Gasteiger partial charge in [-0.25, -0.2) is 0 Å². The highest BCUT2D eigenvalue weighted by molar-refractivity contribution is 5.75. The average Bonchev–Trinajstić information content (AvgIpc) is 3.10. The molecular weight excluding hydrogens is 204 g/mol. The van der Waals surface area contributed by atoms with Gasteiger partial charge in [0, 0.05) is 12.6 Å². The number of nitrogens with one attached hydrogen (secondary N) is 1. The van der Waals surface area contributed by atoms with Gasteiger partial charge < -0.3 is 15.0 Å². The molecular formula is C12H24N2O2. The molecule has 1 aliphatic carbocycles. The standard InChI is InChI=1S/C12H24N2O2/c1-5-13-11(12(15)16-4)8-14(3)9(2)10-6-7-10/h9-11,13H,5-8H2,1-4H3. The Hall–Kier alpha value is -0.610. The number of methoxy groups -OCH3 is 1. The van der Waals surface area contributed by atoms with E-state index in [1.54, 1.807) is 0 Å². The van der Waals surface area contributed by atoms with Crippen LogP contribution in [0.25, 0.3) is 0 Å². The molecule has 1 fully saturated rings. The summed E-state index contributed by atoms with van der Waals surface area (Å²) in [7, 11) is 3.52. The Balaban J connectivity index is 2.42. The van der Waals surface area contributed by atoms with E-state index in [4.69, 9.17) is 4.74 Å². The first-order chi connectivity index (χ1) is 7.60. The first kappa shape index (κ1) is 13.5. The SMILES string of the molecule is CCNC(CN(C)C(C)C1CC1)C(=O)OC. The number of rotatable bonds is 7. The molecule has 0 heterocycles. The number of hydrogen-bond donors (Lipinski definition) is 1.